The van der Waals surface area contributed by atoms with E-state index in [1.165, 1.54) is 22.9 Å². The molecule has 0 amide bonds. The lowest BCUT2D eigenvalue weighted by Crippen LogP contribution is -2.45. The molecular weight excluding hydrogens is 248 g/mol. The molecule has 0 aliphatic carbocycles. The molecule has 1 aromatic rings. The summed E-state index contributed by atoms with van der Waals surface area (Å²) in [7, 11) is 0. The Morgan fingerprint density at radius 2 is 2.32 bits per heavy atom. The first-order valence-corrected chi connectivity index (χ1v) is 6.38. The molecule has 2 rings (SSSR count). The first-order chi connectivity index (χ1) is 9.10. The summed E-state index contributed by atoms with van der Waals surface area (Å²) in [6.45, 7) is 5.73. The SMILES string of the molecule is CCN1CCOC(Cn2cc(C(=O)O)ccc2=O)C1. The van der Waals surface area contributed by atoms with Crippen molar-refractivity contribution in [3.05, 3.63) is 34.2 Å². The lowest BCUT2D eigenvalue weighted by molar-refractivity contribution is -0.0347. The number of aromatic nitrogens is 1. The van der Waals surface area contributed by atoms with Crippen LogP contribution in [0.1, 0.15) is 17.3 Å². The van der Waals surface area contributed by atoms with Gasteiger partial charge in [0.05, 0.1) is 24.8 Å². The van der Waals surface area contributed by atoms with E-state index in [1.54, 1.807) is 0 Å². The third-order valence-corrected chi connectivity index (χ3v) is 3.30. The van der Waals surface area contributed by atoms with Crippen LogP contribution in [0.2, 0.25) is 0 Å². The number of nitrogens with zero attached hydrogens (tertiary/aromatic N) is 2. The zero-order valence-corrected chi connectivity index (χ0v) is 10.9. The number of rotatable bonds is 4. The van der Waals surface area contributed by atoms with Gasteiger partial charge in [-0.3, -0.25) is 9.69 Å². The third-order valence-electron chi connectivity index (χ3n) is 3.30. The maximum Gasteiger partial charge on any atom is 0.337 e. The van der Waals surface area contributed by atoms with Gasteiger partial charge in [0.25, 0.3) is 5.56 Å². The van der Waals surface area contributed by atoms with Crippen LogP contribution in [0.3, 0.4) is 0 Å². The molecule has 1 atom stereocenters. The minimum absolute atomic E-state index is 0.0737. The van der Waals surface area contributed by atoms with Gasteiger partial charge in [0.2, 0.25) is 0 Å². The summed E-state index contributed by atoms with van der Waals surface area (Å²) in [6.07, 6.45) is 1.30. The van der Waals surface area contributed by atoms with Crippen molar-refractivity contribution in [3.8, 4) is 0 Å². The second-order valence-corrected chi connectivity index (χ2v) is 4.60. The number of hydrogen-bond acceptors (Lipinski definition) is 4. The number of aromatic carboxylic acids is 1. The van der Waals surface area contributed by atoms with E-state index < -0.39 is 5.97 Å². The average Bonchev–Trinajstić information content (AvgIpc) is 2.41. The predicted octanol–water partition coefficient (Wildman–Crippen LogP) is 0.267. The number of carboxylic acids is 1. The van der Waals surface area contributed by atoms with Crippen molar-refractivity contribution in [1.82, 2.24) is 9.47 Å². The number of likely N-dealkylation sites (N-methyl/N-ethyl adjacent to an activating group) is 1. The fraction of sp³-hybridized carbons (Fsp3) is 0.538. The van der Waals surface area contributed by atoms with E-state index in [1.807, 2.05) is 0 Å². The van der Waals surface area contributed by atoms with Crippen LogP contribution in [0.5, 0.6) is 0 Å². The predicted molar refractivity (Wildman–Crippen MR) is 69.5 cm³/mol. The van der Waals surface area contributed by atoms with Gasteiger partial charge < -0.3 is 14.4 Å². The molecule has 1 N–H and O–H groups in total. The summed E-state index contributed by atoms with van der Waals surface area (Å²) in [5.74, 6) is -1.03. The number of carbonyl (C=O) groups is 1. The van der Waals surface area contributed by atoms with Crippen molar-refractivity contribution >= 4 is 5.97 Å². The van der Waals surface area contributed by atoms with Crippen LogP contribution in [0, 0.1) is 0 Å². The van der Waals surface area contributed by atoms with Gasteiger partial charge in [-0.15, -0.1) is 0 Å². The van der Waals surface area contributed by atoms with E-state index in [4.69, 9.17) is 9.84 Å². The van der Waals surface area contributed by atoms with Crippen LogP contribution in [0.25, 0.3) is 0 Å². The lowest BCUT2D eigenvalue weighted by atomic mass is 10.2. The lowest BCUT2D eigenvalue weighted by Gasteiger charge is -2.32. The van der Waals surface area contributed by atoms with E-state index in [9.17, 15) is 9.59 Å². The van der Waals surface area contributed by atoms with Gasteiger partial charge in [0.15, 0.2) is 0 Å². The van der Waals surface area contributed by atoms with Crippen molar-refractivity contribution in [2.24, 2.45) is 0 Å². The molecule has 1 unspecified atom stereocenters. The second kappa shape index (κ2) is 5.99. The van der Waals surface area contributed by atoms with Crippen LogP contribution in [-0.4, -0.2) is 52.9 Å². The third kappa shape index (κ3) is 3.42. The molecule has 0 saturated carbocycles. The van der Waals surface area contributed by atoms with Gasteiger partial charge in [-0.05, 0) is 12.6 Å². The van der Waals surface area contributed by atoms with Crippen molar-refractivity contribution in [2.75, 3.05) is 26.2 Å². The smallest absolute Gasteiger partial charge is 0.337 e. The highest BCUT2D eigenvalue weighted by Crippen LogP contribution is 2.07. The van der Waals surface area contributed by atoms with Crippen LogP contribution < -0.4 is 5.56 Å². The van der Waals surface area contributed by atoms with Crippen LogP contribution in [0.4, 0.5) is 0 Å². The van der Waals surface area contributed by atoms with Gasteiger partial charge in [-0.25, -0.2) is 4.79 Å². The van der Waals surface area contributed by atoms with Crippen molar-refractivity contribution in [2.45, 2.75) is 19.6 Å². The largest absolute Gasteiger partial charge is 0.478 e. The Labute approximate surface area is 111 Å². The highest BCUT2D eigenvalue weighted by Gasteiger charge is 2.20. The number of carboxylic acid groups (broad SMARTS) is 1. The Morgan fingerprint density at radius 3 is 3.00 bits per heavy atom. The molecule has 0 radical (unpaired) electrons. The first kappa shape index (κ1) is 13.8. The molecule has 0 aromatic carbocycles. The topological polar surface area (TPSA) is 71.8 Å². The van der Waals surface area contributed by atoms with Crippen LogP contribution in [0.15, 0.2) is 23.1 Å². The Bertz CT molecular complexity index is 512. The Hall–Kier alpha value is -1.66. The number of morpholine rings is 1. The normalized spacial score (nSPS) is 20.4. The number of ether oxygens (including phenoxy) is 1. The molecule has 1 aliphatic heterocycles. The van der Waals surface area contributed by atoms with Crippen molar-refractivity contribution in [1.29, 1.82) is 0 Å². The minimum Gasteiger partial charge on any atom is -0.478 e. The van der Waals surface area contributed by atoms with Gasteiger partial charge in [-0.1, -0.05) is 6.92 Å². The van der Waals surface area contributed by atoms with E-state index in [-0.39, 0.29) is 17.2 Å². The van der Waals surface area contributed by atoms with Gasteiger partial charge in [0, 0.05) is 25.4 Å². The molecule has 0 spiro atoms. The fourth-order valence-corrected chi connectivity index (χ4v) is 2.20. The van der Waals surface area contributed by atoms with Crippen molar-refractivity contribution in [3.63, 3.8) is 0 Å². The second-order valence-electron chi connectivity index (χ2n) is 4.60. The molecule has 1 saturated heterocycles. The van der Waals surface area contributed by atoms with E-state index >= 15 is 0 Å². The molecule has 0 bridgehead atoms. The average molecular weight is 266 g/mol. The quantitative estimate of drug-likeness (QED) is 0.846. The molecule has 1 aromatic heterocycles. The molecule has 1 fully saturated rings. The van der Waals surface area contributed by atoms with Gasteiger partial charge >= 0.3 is 5.97 Å². The maximum absolute atomic E-state index is 11.7. The number of pyridine rings is 1. The standard InChI is InChI=1S/C13H18N2O4/c1-2-14-5-6-19-11(8-14)9-15-7-10(13(17)18)3-4-12(15)16/h3-4,7,11H,2,5-6,8-9H2,1H3,(H,17,18). The van der Waals surface area contributed by atoms with Gasteiger partial charge in [-0.2, -0.15) is 0 Å². The summed E-state index contributed by atoms with van der Waals surface area (Å²) in [4.78, 5) is 24.9. The summed E-state index contributed by atoms with van der Waals surface area (Å²) in [6, 6.07) is 2.60. The van der Waals surface area contributed by atoms with Crippen LogP contribution >= 0.6 is 0 Å². The monoisotopic (exact) mass is 266 g/mol. The zero-order valence-electron chi connectivity index (χ0n) is 10.9. The molecule has 2 heterocycles. The highest BCUT2D eigenvalue weighted by molar-refractivity contribution is 5.87. The highest BCUT2D eigenvalue weighted by atomic mass is 16.5. The molecule has 19 heavy (non-hydrogen) atoms. The summed E-state index contributed by atoms with van der Waals surface area (Å²) in [5.41, 5.74) is -0.0926. The van der Waals surface area contributed by atoms with Crippen LogP contribution in [-0.2, 0) is 11.3 Å². The summed E-state index contributed by atoms with van der Waals surface area (Å²) < 4.78 is 7.03. The molecule has 6 nitrogen and oxygen atoms in total. The van der Waals surface area contributed by atoms with E-state index in [2.05, 4.69) is 11.8 Å². The van der Waals surface area contributed by atoms with Crippen molar-refractivity contribution < 1.29 is 14.6 Å². The minimum atomic E-state index is -1.03. The molecular formula is C13H18N2O4. The van der Waals surface area contributed by atoms with E-state index in [0.29, 0.717) is 13.2 Å². The molecule has 104 valence electrons. The fourth-order valence-electron chi connectivity index (χ4n) is 2.20. The zero-order chi connectivity index (χ0) is 13.8. The summed E-state index contributed by atoms with van der Waals surface area (Å²) >= 11 is 0. The summed E-state index contributed by atoms with van der Waals surface area (Å²) in [5, 5.41) is 8.93. The Balaban J connectivity index is 2.12. The molecule has 1 aliphatic rings. The van der Waals surface area contributed by atoms with E-state index in [0.717, 1.165) is 19.6 Å². The Kier molecular flexibility index (Phi) is 4.34. The number of hydrogen-bond donors (Lipinski definition) is 1. The first-order valence-electron chi connectivity index (χ1n) is 6.38. The maximum atomic E-state index is 11.7. The van der Waals surface area contributed by atoms with Gasteiger partial charge in [0.1, 0.15) is 0 Å². The Morgan fingerprint density at radius 1 is 1.53 bits per heavy atom. The molecule has 6 heteroatoms.